The number of carbonyl (C=O) groups is 1. The van der Waals surface area contributed by atoms with E-state index in [1.54, 1.807) is 4.68 Å². The molecule has 0 saturated carbocycles. The minimum atomic E-state index is -0.168. The van der Waals surface area contributed by atoms with Crippen molar-refractivity contribution >= 4 is 43.6 Å². The maximum atomic E-state index is 12.3. The minimum absolute atomic E-state index is 0.106. The van der Waals surface area contributed by atoms with Crippen molar-refractivity contribution in [1.29, 1.82) is 0 Å². The lowest BCUT2D eigenvalue weighted by Crippen LogP contribution is -2.19. The number of nitrogens with one attached hydrogen (secondary N) is 1. The Bertz CT molecular complexity index is 1070. The van der Waals surface area contributed by atoms with Crippen molar-refractivity contribution in [2.24, 2.45) is 0 Å². The van der Waals surface area contributed by atoms with Gasteiger partial charge in [-0.2, -0.15) is 0 Å². The fourth-order valence-electron chi connectivity index (χ4n) is 2.76. The topological polar surface area (TPSA) is 72.7 Å². The Labute approximate surface area is 142 Å². The molecule has 1 N–H and O–H groups in total. The molecule has 0 saturated heterocycles. The second-order valence-corrected chi connectivity index (χ2v) is 6.73. The van der Waals surface area contributed by atoms with Gasteiger partial charge in [0.15, 0.2) is 5.13 Å². The highest BCUT2D eigenvalue weighted by Gasteiger charge is 2.12. The lowest BCUT2D eigenvalue weighted by molar-refractivity contribution is -0.116. The van der Waals surface area contributed by atoms with Crippen LogP contribution in [0.25, 0.3) is 21.3 Å². The van der Waals surface area contributed by atoms with Crippen molar-refractivity contribution in [2.75, 3.05) is 5.32 Å². The van der Waals surface area contributed by atoms with Crippen LogP contribution in [0.1, 0.15) is 11.1 Å². The molecule has 1 amide bonds. The first-order valence-corrected chi connectivity index (χ1v) is 8.38. The number of fused-ring (bicyclic) bond motifs is 2. The molecule has 7 heteroatoms. The molecule has 6 nitrogen and oxygen atoms in total. The molecule has 0 unspecified atom stereocenters. The Morgan fingerprint density at radius 3 is 2.92 bits per heavy atom. The third-order valence-electron chi connectivity index (χ3n) is 3.78. The van der Waals surface area contributed by atoms with Crippen LogP contribution in [0.4, 0.5) is 5.13 Å². The fourth-order valence-corrected chi connectivity index (χ4v) is 3.69. The summed E-state index contributed by atoms with van der Waals surface area (Å²) in [5, 5.41) is 11.6. The minimum Gasteiger partial charge on any atom is -0.300 e. The zero-order valence-corrected chi connectivity index (χ0v) is 14.1. The van der Waals surface area contributed by atoms with Crippen LogP contribution in [0.15, 0.2) is 36.4 Å². The first kappa shape index (κ1) is 14.8. The van der Waals surface area contributed by atoms with Gasteiger partial charge in [-0.15, -0.1) is 5.10 Å². The van der Waals surface area contributed by atoms with Crippen molar-refractivity contribution in [1.82, 2.24) is 20.0 Å². The Morgan fingerprint density at radius 1 is 1.21 bits per heavy atom. The average molecular weight is 337 g/mol. The summed E-state index contributed by atoms with van der Waals surface area (Å²) in [4.78, 5) is 16.8. The number of hydrogen-bond donors (Lipinski definition) is 1. The quantitative estimate of drug-likeness (QED) is 0.622. The summed E-state index contributed by atoms with van der Waals surface area (Å²) in [6.07, 6.45) is 0. The van der Waals surface area contributed by atoms with Crippen molar-refractivity contribution < 1.29 is 4.79 Å². The number of thiazole rings is 1. The predicted octanol–water partition coefficient (Wildman–Crippen LogP) is 3.30. The van der Waals surface area contributed by atoms with E-state index in [9.17, 15) is 4.79 Å². The Balaban J connectivity index is 1.57. The predicted molar refractivity (Wildman–Crippen MR) is 95.3 cm³/mol. The number of aromatic nitrogens is 4. The van der Waals surface area contributed by atoms with Gasteiger partial charge in [0, 0.05) is 0 Å². The standard InChI is InChI=1S/C17H15N5OS/c1-10-7-11(2)16-13(8-10)18-17(24-16)19-15(23)9-22-14-6-4-3-5-12(14)20-21-22/h3-8H,9H2,1-2H3,(H,18,19,23). The summed E-state index contributed by atoms with van der Waals surface area (Å²) in [5.41, 5.74) is 4.86. The monoisotopic (exact) mass is 337 g/mol. The number of rotatable bonds is 3. The van der Waals surface area contributed by atoms with Crippen LogP contribution in [-0.4, -0.2) is 25.9 Å². The Hall–Kier alpha value is -2.80. The first-order valence-electron chi connectivity index (χ1n) is 7.56. The number of para-hydroxylation sites is 1. The molecule has 2 aromatic heterocycles. The van der Waals surface area contributed by atoms with Crippen molar-refractivity contribution in [3.05, 3.63) is 47.5 Å². The molecule has 0 fully saturated rings. The third-order valence-corrected chi connectivity index (χ3v) is 4.90. The second kappa shape index (κ2) is 5.68. The maximum absolute atomic E-state index is 12.3. The van der Waals surface area contributed by atoms with Crippen LogP contribution < -0.4 is 5.32 Å². The van der Waals surface area contributed by atoms with Crippen LogP contribution in [0, 0.1) is 13.8 Å². The van der Waals surface area contributed by atoms with E-state index in [2.05, 4.69) is 33.6 Å². The molecule has 0 spiro atoms. The van der Waals surface area contributed by atoms with Crippen molar-refractivity contribution in [2.45, 2.75) is 20.4 Å². The lowest BCUT2D eigenvalue weighted by atomic mass is 10.1. The van der Waals surface area contributed by atoms with Gasteiger partial charge in [-0.3, -0.25) is 4.79 Å². The van der Waals surface area contributed by atoms with E-state index in [4.69, 9.17) is 0 Å². The SMILES string of the molecule is Cc1cc(C)c2sc(NC(=O)Cn3nnc4ccccc43)nc2c1. The summed E-state index contributed by atoms with van der Waals surface area (Å²) in [7, 11) is 0. The third kappa shape index (κ3) is 2.63. The van der Waals surface area contributed by atoms with Crippen molar-refractivity contribution in [3.8, 4) is 0 Å². The molecule has 0 bridgehead atoms. The second-order valence-electron chi connectivity index (χ2n) is 5.73. The number of carbonyl (C=O) groups excluding carboxylic acids is 1. The maximum Gasteiger partial charge on any atom is 0.247 e. The Kier molecular flexibility index (Phi) is 3.50. The van der Waals surface area contributed by atoms with Crippen LogP contribution in [-0.2, 0) is 11.3 Å². The molecule has 2 heterocycles. The van der Waals surface area contributed by atoms with Crippen molar-refractivity contribution in [3.63, 3.8) is 0 Å². The molecule has 0 atom stereocenters. The number of benzene rings is 2. The molecule has 120 valence electrons. The van der Waals surface area contributed by atoms with Gasteiger partial charge in [0.25, 0.3) is 0 Å². The van der Waals surface area contributed by atoms with E-state index >= 15 is 0 Å². The average Bonchev–Trinajstić information content (AvgIpc) is 3.12. The summed E-state index contributed by atoms with van der Waals surface area (Å²) in [6.45, 7) is 4.20. The summed E-state index contributed by atoms with van der Waals surface area (Å²) >= 11 is 1.49. The molecule has 0 aliphatic carbocycles. The fraction of sp³-hybridized carbons (Fsp3) is 0.176. The van der Waals surface area contributed by atoms with Gasteiger partial charge >= 0.3 is 0 Å². The number of hydrogen-bond acceptors (Lipinski definition) is 5. The van der Waals surface area contributed by atoms with Gasteiger partial charge < -0.3 is 5.32 Å². The molecular formula is C17H15N5OS. The summed E-state index contributed by atoms with van der Waals surface area (Å²) in [6, 6.07) is 11.7. The van der Waals surface area contributed by atoms with Crippen LogP contribution in [0.2, 0.25) is 0 Å². The van der Waals surface area contributed by atoms with Gasteiger partial charge in [-0.05, 0) is 43.2 Å². The molecule has 0 aliphatic heterocycles. The largest absolute Gasteiger partial charge is 0.300 e. The first-order chi connectivity index (χ1) is 11.6. The number of nitrogens with zero attached hydrogens (tertiary/aromatic N) is 4. The molecule has 24 heavy (non-hydrogen) atoms. The smallest absolute Gasteiger partial charge is 0.247 e. The number of amides is 1. The van der Waals surface area contributed by atoms with E-state index in [-0.39, 0.29) is 12.5 Å². The zero-order chi connectivity index (χ0) is 16.7. The zero-order valence-electron chi connectivity index (χ0n) is 13.3. The number of aryl methyl sites for hydroxylation is 2. The van der Waals surface area contributed by atoms with Gasteiger partial charge in [-0.25, -0.2) is 9.67 Å². The van der Waals surface area contributed by atoms with Gasteiger partial charge in [0.1, 0.15) is 12.1 Å². The molecule has 0 radical (unpaired) electrons. The normalized spacial score (nSPS) is 11.2. The van der Waals surface area contributed by atoms with E-state index < -0.39 is 0 Å². The van der Waals surface area contributed by atoms with E-state index in [1.165, 1.54) is 16.9 Å². The molecule has 4 aromatic rings. The highest BCUT2D eigenvalue weighted by atomic mass is 32.1. The van der Waals surface area contributed by atoms with Crippen LogP contribution in [0.3, 0.4) is 0 Å². The van der Waals surface area contributed by atoms with E-state index in [1.807, 2.05) is 37.3 Å². The van der Waals surface area contributed by atoms with Crippen LogP contribution >= 0.6 is 11.3 Å². The summed E-state index contributed by atoms with van der Waals surface area (Å²) < 4.78 is 2.69. The highest BCUT2D eigenvalue weighted by molar-refractivity contribution is 7.22. The molecule has 4 rings (SSSR count). The molecule has 2 aromatic carbocycles. The van der Waals surface area contributed by atoms with Gasteiger partial charge in [0.05, 0.1) is 15.7 Å². The van der Waals surface area contributed by atoms with Gasteiger partial charge in [-0.1, -0.05) is 34.7 Å². The van der Waals surface area contributed by atoms with E-state index in [0.717, 1.165) is 26.8 Å². The number of anilines is 1. The van der Waals surface area contributed by atoms with E-state index in [0.29, 0.717) is 5.13 Å². The highest BCUT2D eigenvalue weighted by Crippen LogP contribution is 2.29. The van der Waals surface area contributed by atoms with Gasteiger partial charge in [0.2, 0.25) is 5.91 Å². The lowest BCUT2D eigenvalue weighted by Gasteiger charge is -2.02. The molecule has 0 aliphatic rings. The molecular weight excluding hydrogens is 322 g/mol. The Morgan fingerprint density at radius 2 is 2.04 bits per heavy atom. The summed E-state index contributed by atoms with van der Waals surface area (Å²) in [5.74, 6) is -0.168. The van der Waals surface area contributed by atoms with Crippen LogP contribution in [0.5, 0.6) is 0 Å².